The normalized spacial score (nSPS) is 43.4. The van der Waals surface area contributed by atoms with Crippen molar-refractivity contribution in [2.24, 2.45) is 21.9 Å². The zero-order valence-electron chi connectivity index (χ0n) is 41.9. The maximum absolute atomic E-state index is 12.8. The van der Waals surface area contributed by atoms with Crippen LogP contribution in [-0.2, 0) is 65.2 Å². The number of nitrogens with zero attached hydrogens (tertiary/aromatic N) is 1. The molecule has 0 N–H and O–H groups in total. The fourth-order valence-corrected chi connectivity index (χ4v) is 17.7. The van der Waals surface area contributed by atoms with Gasteiger partial charge in [0.1, 0.15) is 51.5 Å². The molecule has 4 saturated heterocycles. The summed E-state index contributed by atoms with van der Waals surface area (Å²) in [5, 5.41) is 0. The first-order valence-electron chi connectivity index (χ1n) is 22.4. The minimum absolute atomic E-state index is 0.0214. The van der Waals surface area contributed by atoms with Crippen molar-refractivity contribution in [3.63, 3.8) is 0 Å². The van der Waals surface area contributed by atoms with Crippen LogP contribution >= 0.6 is 29.5 Å². The van der Waals surface area contributed by atoms with Crippen LogP contribution in [0.4, 0.5) is 0 Å². The average molecular weight is 984 g/mol. The molecule has 0 spiro atoms. The molecule has 0 aromatic rings. The van der Waals surface area contributed by atoms with Crippen molar-refractivity contribution < 1.29 is 64.9 Å². The maximum atomic E-state index is 12.8. The van der Waals surface area contributed by atoms with Gasteiger partial charge >= 0.3 is 0 Å². The fraction of sp³-hybridized carbons (Fsp3) is 0.929. The van der Waals surface area contributed by atoms with Gasteiger partial charge in [0.25, 0.3) is 10.0 Å². The second-order valence-electron chi connectivity index (χ2n) is 20.6. The van der Waals surface area contributed by atoms with Gasteiger partial charge in [-0.1, -0.05) is 39.7 Å². The van der Waals surface area contributed by atoms with Crippen LogP contribution in [0.5, 0.6) is 0 Å². The van der Waals surface area contributed by atoms with E-state index in [-0.39, 0.29) is 75.0 Å². The highest BCUT2D eigenvalue weighted by Crippen LogP contribution is 2.59. The summed E-state index contributed by atoms with van der Waals surface area (Å²) in [5.74, 6) is -0.192. The Morgan fingerprint density at radius 2 is 1.16 bits per heavy atom. The lowest BCUT2D eigenvalue weighted by Gasteiger charge is -2.39. The molecule has 19 atom stereocenters. The Balaban J connectivity index is 1.49. The Labute approximate surface area is 377 Å². The average Bonchev–Trinajstić information content (AvgIpc) is 3.71. The van der Waals surface area contributed by atoms with E-state index in [1.807, 2.05) is 96.2 Å². The zero-order chi connectivity index (χ0) is 48.2. The summed E-state index contributed by atoms with van der Waals surface area (Å²) in [6, 6.07) is 0. The molecule has 20 heteroatoms. The van der Waals surface area contributed by atoms with E-state index in [2.05, 4.69) is 36.9 Å². The number of ether oxygens (including phenoxy) is 4. The smallest absolute Gasteiger partial charge is 0.252 e. The third-order valence-corrected chi connectivity index (χ3v) is 20.0. The van der Waals surface area contributed by atoms with Crippen LogP contribution in [-0.4, -0.2) is 157 Å². The first-order valence-corrected chi connectivity index (χ1v) is 32.3. The van der Waals surface area contributed by atoms with Gasteiger partial charge in [0, 0.05) is 52.2 Å². The van der Waals surface area contributed by atoms with Crippen molar-refractivity contribution in [1.82, 2.24) is 0 Å². The highest BCUT2D eigenvalue weighted by Gasteiger charge is 2.55. The van der Waals surface area contributed by atoms with E-state index >= 15 is 0 Å². The van der Waals surface area contributed by atoms with Gasteiger partial charge in [-0.3, -0.25) is 0 Å². The van der Waals surface area contributed by atoms with Crippen LogP contribution in [0, 0.1) is 17.8 Å². The standard InChI is InChI=1S/C42H83NO14P4S/c1-27-23-34(53-60(19,20)57-39(8,9)10)35(49-27)24-46-61(21,43-62(22,44)45)56-38-30(4)33(7)52-42(38,14)26-48-59(17,18)55-37-29(3)32(6)51-41(37,13)25-47-58(15,16)54-36-28(2)31(5)50-40(36,11)12/h27-38H,15,17,19,23-26H2,1-14,16,18,20-22H3/i11T. The number of rotatable bonds is 19. The summed E-state index contributed by atoms with van der Waals surface area (Å²) in [6.07, 6.45) is 11.6. The molecule has 4 aliphatic heterocycles. The summed E-state index contributed by atoms with van der Waals surface area (Å²) < 4.78 is 116. The molecule has 4 fully saturated rings. The van der Waals surface area contributed by atoms with Gasteiger partial charge in [0.05, 0.1) is 73.9 Å². The molecule has 19 unspecified atom stereocenters. The van der Waals surface area contributed by atoms with E-state index < -0.39 is 86.4 Å². The highest BCUT2D eigenvalue weighted by molar-refractivity contribution is 7.92. The highest BCUT2D eigenvalue weighted by atomic mass is 32.2. The summed E-state index contributed by atoms with van der Waals surface area (Å²) in [5.41, 5.74) is -3.20. The lowest BCUT2D eigenvalue weighted by Crippen LogP contribution is -2.45. The van der Waals surface area contributed by atoms with Crippen LogP contribution in [0.3, 0.4) is 0 Å². The molecule has 0 aliphatic carbocycles. The predicted octanol–water partition coefficient (Wildman–Crippen LogP) is 9.38. The van der Waals surface area contributed by atoms with Crippen LogP contribution in [0.25, 0.3) is 0 Å². The van der Waals surface area contributed by atoms with Crippen LogP contribution in [0.2, 0.25) is 0 Å². The Hall–Kier alpha value is 0.600. The Bertz CT molecular complexity index is 1920. The zero-order valence-corrected chi connectivity index (χ0v) is 45.3. The Morgan fingerprint density at radius 3 is 1.63 bits per heavy atom. The van der Waals surface area contributed by atoms with Crippen LogP contribution in [0.1, 0.15) is 105 Å². The summed E-state index contributed by atoms with van der Waals surface area (Å²) >= 11 is 0. The second kappa shape index (κ2) is 19.5. The Morgan fingerprint density at radius 1 is 0.710 bits per heavy atom. The molecular weight excluding hydrogens is 898 g/mol. The summed E-state index contributed by atoms with van der Waals surface area (Å²) in [7, 11) is -15.5. The SMILES string of the molecule is [3H]CC1(C)OC(C)C(C)C1OP(=C)(C)OCC1(C)OC(C)C(C)C1OP(=C)(C)OCC1(C)OC(C)C(C)C1OP(C)(=NS(C)(=O)=O)OCC1OC(C)CC1OP(=C)(C)OC(C)(C)C. The molecule has 366 valence electrons. The first-order chi connectivity index (χ1) is 28.4. The second-order valence-corrected chi connectivity index (χ2v) is 32.2. The maximum Gasteiger partial charge on any atom is 0.252 e. The van der Waals surface area contributed by atoms with Crippen LogP contribution < -0.4 is 0 Å². The topological polar surface area (TPSA) is 157 Å². The van der Waals surface area contributed by atoms with Crippen molar-refractivity contribution in [3.05, 3.63) is 0 Å². The van der Waals surface area contributed by atoms with Gasteiger partial charge in [-0.05, 0) is 76.1 Å². The van der Waals surface area contributed by atoms with Gasteiger partial charge in [0.2, 0.25) is 7.51 Å². The molecule has 0 amide bonds. The molecule has 0 saturated carbocycles. The lowest BCUT2D eigenvalue weighted by atomic mass is 9.92. The molecule has 0 radical (unpaired) electrons. The fourth-order valence-electron chi connectivity index (χ4n) is 8.96. The van der Waals surface area contributed by atoms with Crippen molar-refractivity contribution in [2.75, 3.05) is 52.7 Å². The predicted molar refractivity (Wildman–Crippen MR) is 257 cm³/mol. The lowest BCUT2D eigenvalue weighted by molar-refractivity contribution is -0.0949. The van der Waals surface area contributed by atoms with Gasteiger partial charge in [-0.2, -0.15) is 0 Å². The van der Waals surface area contributed by atoms with E-state index in [1.54, 1.807) is 6.66 Å². The van der Waals surface area contributed by atoms with Gasteiger partial charge in [-0.25, -0.2) is 8.42 Å². The molecule has 15 nitrogen and oxygen atoms in total. The van der Waals surface area contributed by atoms with Gasteiger partial charge in [-0.15, -0.1) is 4.15 Å². The van der Waals surface area contributed by atoms with E-state index in [4.69, 9.17) is 56.5 Å². The third-order valence-electron chi connectivity index (χ3n) is 12.0. The molecule has 0 aromatic heterocycles. The molecule has 0 aromatic carbocycles. The summed E-state index contributed by atoms with van der Waals surface area (Å²) in [6.45, 7) is 33.0. The van der Waals surface area contributed by atoms with Crippen molar-refractivity contribution in [1.29, 1.82) is 0 Å². The van der Waals surface area contributed by atoms with Gasteiger partial charge < -0.3 is 55.1 Å². The molecule has 4 rings (SSSR count). The summed E-state index contributed by atoms with van der Waals surface area (Å²) in [4.78, 5) is 0. The molecule has 0 bridgehead atoms. The van der Waals surface area contributed by atoms with Gasteiger partial charge in [0.15, 0.2) is 0 Å². The van der Waals surface area contributed by atoms with Crippen molar-refractivity contribution in [2.45, 2.75) is 181 Å². The number of hydrogen-bond acceptors (Lipinski definition) is 14. The van der Waals surface area contributed by atoms with Crippen molar-refractivity contribution >= 4 is 58.4 Å². The quantitative estimate of drug-likeness (QED) is 0.113. The number of hydrogen-bond donors (Lipinski definition) is 0. The first kappa shape index (κ1) is 53.6. The Kier molecular flexibility index (Phi) is 16.9. The number of sulfonamides is 1. The molecule has 4 heterocycles. The van der Waals surface area contributed by atoms with Crippen LogP contribution in [0.15, 0.2) is 4.15 Å². The largest absolute Gasteiger partial charge is 0.370 e. The molecule has 4 aliphatic rings. The van der Waals surface area contributed by atoms with E-state index in [9.17, 15) is 8.42 Å². The minimum atomic E-state index is -3.93. The molecular formula is C42H83NO14P4S. The van der Waals surface area contributed by atoms with E-state index in [0.29, 0.717) is 6.42 Å². The minimum Gasteiger partial charge on any atom is -0.370 e. The van der Waals surface area contributed by atoms with Crippen molar-refractivity contribution in [3.8, 4) is 0 Å². The third kappa shape index (κ3) is 14.6. The molecule has 62 heavy (non-hydrogen) atoms. The monoisotopic (exact) mass is 983 g/mol. The van der Waals surface area contributed by atoms with E-state index in [1.165, 1.54) is 0 Å². The van der Waals surface area contributed by atoms with E-state index in [0.717, 1.165) is 6.26 Å².